The van der Waals surface area contributed by atoms with Crippen LogP contribution >= 0.6 is 11.3 Å². The summed E-state index contributed by atoms with van der Waals surface area (Å²) in [6.45, 7) is 6.27. The van der Waals surface area contributed by atoms with Crippen LogP contribution in [-0.4, -0.2) is 53.1 Å². The molecule has 2 fully saturated rings. The minimum Gasteiger partial charge on any atom is -0.376 e. The van der Waals surface area contributed by atoms with Gasteiger partial charge in [-0.1, -0.05) is 0 Å². The SMILES string of the molecule is Cc1csc(CN2C[C@H]3[C@@H](CNC(=O)c4cccnc4)CO[C@H]3C2)n1. The number of likely N-dealkylation sites (tertiary alicyclic amines) is 1. The summed E-state index contributed by atoms with van der Waals surface area (Å²) in [6, 6.07) is 3.56. The van der Waals surface area contributed by atoms with Crippen LogP contribution in [0.1, 0.15) is 21.1 Å². The van der Waals surface area contributed by atoms with Crippen LogP contribution < -0.4 is 5.32 Å². The van der Waals surface area contributed by atoms with Gasteiger partial charge in [0.1, 0.15) is 5.01 Å². The molecule has 25 heavy (non-hydrogen) atoms. The molecule has 7 heteroatoms. The Morgan fingerprint density at radius 3 is 3.16 bits per heavy atom. The molecule has 1 N–H and O–H groups in total. The Bertz CT molecular complexity index is 736. The second-order valence-corrected chi connectivity index (χ2v) is 7.77. The predicted octanol–water partition coefficient (Wildman–Crippen LogP) is 1.72. The van der Waals surface area contributed by atoms with Gasteiger partial charge in [0.15, 0.2) is 0 Å². The predicted molar refractivity (Wildman–Crippen MR) is 95.4 cm³/mol. The zero-order chi connectivity index (χ0) is 17.2. The fraction of sp³-hybridized carbons (Fsp3) is 0.500. The maximum Gasteiger partial charge on any atom is 0.252 e. The number of aromatic nitrogens is 2. The molecule has 2 aliphatic rings. The summed E-state index contributed by atoms with van der Waals surface area (Å²) in [6.07, 6.45) is 3.54. The van der Waals surface area contributed by atoms with Gasteiger partial charge in [-0.25, -0.2) is 4.98 Å². The lowest BCUT2D eigenvalue weighted by molar-refractivity contribution is 0.0903. The normalized spacial score (nSPS) is 25.9. The average molecular weight is 358 g/mol. The molecule has 0 aliphatic carbocycles. The van der Waals surface area contributed by atoms with Gasteiger partial charge >= 0.3 is 0 Å². The summed E-state index contributed by atoms with van der Waals surface area (Å²) >= 11 is 1.72. The first kappa shape index (κ1) is 16.6. The van der Waals surface area contributed by atoms with Gasteiger partial charge in [0.2, 0.25) is 0 Å². The van der Waals surface area contributed by atoms with Crippen molar-refractivity contribution in [1.82, 2.24) is 20.2 Å². The standard InChI is InChI=1S/C18H22N4O2S/c1-12-11-25-17(21-12)9-22-7-15-14(10-24-16(15)8-22)6-20-18(23)13-3-2-4-19-5-13/h2-5,11,14-16H,6-10H2,1H3,(H,20,23)/t14-,15-,16-/m0/s1. The zero-order valence-corrected chi connectivity index (χ0v) is 15.0. The summed E-state index contributed by atoms with van der Waals surface area (Å²) in [4.78, 5) is 23.2. The van der Waals surface area contributed by atoms with Crippen LogP contribution in [0, 0.1) is 18.8 Å². The van der Waals surface area contributed by atoms with Crippen LogP contribution in [-0.2, 0) is 11.3 Å². The number of fused-ring (bicyclic) bond motifs is 1. The molecule has 1 amide bonds. The van der Waals surface area contributed by atoms with E-state index in [0.717, 1.165) is 31.9 Å². The topological polar surface area (TPSA) is 67.4 Å². The first-order valence-corrected chi connectivity index (χ1v) is 9.50. The number of thiazole rings is 1. The number of aryl methyl sites for hydroxylation is 1. The molecule has 0 aromatic carbocycles. The molecule has 2 aromatic rings. The van der Waals surface area contributed by atoms with Gasteiger partial charge in [0.25, 0.3) is 5.91 Å². The number of ether oxygens (including phenoxy) is 1. The van der Waals surface area contributed by atoms with Gasteiger partial charge < -0.3 is 10.1 Å². The molecule has 0 bridgehead atoms. The largest absolute Gasteiger partial charge is 0.376 e. The van der Waals surface area contributed by atoms with Crippen molar-refractivity contribution in [2.45, 2.75) is 19.6 Å². The molecule has 132 valence electrons. The van der Waals surface area contributed by atoms with E-state index in [9.17, 15) is 4.79 Å². The van der Waals surface area contributed by atoms with E-state index in [4.69, 9.17) is 4.74 Å². The van der Waals surface area contributed by atoms with Crippen molar-refractivity contribution in [2.75, 3.05) is 26.2 Å². The van der Waals surface area contributed by atoms with Crippen molar-refractivity contribution >= 4 is 17.2 Å². The smallest absolute Gasteiger partial charge is 0.252 e. The third kappa shape index (κ3) is 3.73. The first-order chi connectivity index (χ1) is 12.2. The highest BCUT2D eigenvalue weighted by Gasteiger charge is 2.43. The number of rotatable bonds is 5. The molecular weight excluding hydrogens is 336 g/mol. The highest BCUT2D eigenvalue weighted by molar-refractivity contribution is 7.09. The van der Waals surface area contributed by atoms with Crippen molar-refractivity contribution in [1.29, 1.82) is 0 Å². The minimum atomic E-state index is -0.0651. The number of hydrogen-bond acceptors (Lipinski definition) is 6. The van der Waals surface area contributed by atoms with Crippen molar-refractivity contribution in [3.05, 3.63) is 46.2 Å². The van der Waals surface area contributed by atoms with Gasteiger partial charge in [0.05, 0.1) is 24.8 Å². The molecule has 2 aromatic heterocycles. The number of nitrogens with zero attached hydrogens (tertiary/aromatic N) is 3. The van der Waals surface area contributed by atoms with E-state index in [-0.39, 0.29) is 12.0 Å². The number of carbonyl (C=O) groups excluding carboxylic acids is 1. The lowest BCUT2D eigenvalue weighted by Gasteiger charge is -2.19. The van der Waals surface area contributed by atoms with Crippen LogP contribution in [0.5, 0.6) is 0 Å². The van der Waals surface area contributed by atoms with E-state index < -0.39 is 0 Å². The van der Waals surface area contributed by atoms with Crippen LogP contribution in [0.4, 0.5) is 0 Å². The third-order valence-corrected chi connectivity index (χ3v) is 5.94. The quantitative estimate of drug-likeness (QED) is 0.882. The van der Waals surface area contributed by atoms with E-state index in [1.54, 1.807) is 35.9 Å². The molecule has 0 radical (unpaired) electrons. The van der Waals surface area contributed by atoms with E-state index >= 15 is 0 Å². The van der Waals surface area contributed by atoms with Crippen molar-refractivity contribution in [2.24, 2.45) is 11.8 Å². The van der Waals surface area contributed by atoms with Gasteiger partial charge in [-0.3, -0.25) is 14.7 Å². The Balaban J connectivity index is 1.30. The van der Waals surface area contributed by atoms with E-state index in [1.807, 2.05) is 6.92 Å². The van der Waals surface area contributed by atoms with Crippen LogP contribution in [0.25, 0.3) is 0 Å². The number of pyridine rings is 1. The van der Waals surface area contributed by atoms with Gasteiger partial charge in [-0.2, -0.15) is 0 Å². The highest BCUT2D eigenvalue weighted by atomic mass is 32.1. The molecule has 2 aliphatic heterocycles. The van der Waals surface area contributed by atoms with Gasteiger partial charge in [0, 0.05) is 54.9 Å². The highest BCUT2D eigenvalue weighted by Crippen LogP contribution is 2.34. The fourth-order valence-electron chi connectivity index (χ4n) is 3.71. The van der Waals surface area contributed by atoms with Crippen molar-refractivity contribution in [3.63, 3.8) is 0 Å². The molecule has 4 rings (SSSR count). The van der Waals surface area contributed by atoms with E-state index in [0.29, 0.717) is 23.9 Å². The summed E-state index contributed by atoms with van der Waals surface area (Å²) in [7, 11) is 0. The zero-order valence-electron chi connectivity index (χ0n) is 14.2. The van der Waals surface area contributed by atoms with Crippen LogP contribution in [0.3, 0.4) is 0 Å². The van der Waals surface area contributed by atoms with E-state index in [1.165, 1.54) is 5.01 Å². The summed E-state index contributed by atoms with van der Waals surface area (Å²) in [5, 5.41) is 6.30. The summed E-state index contributed by atoms with van der Waals surface area (Å²) in [5.41, 5.74) is 1.69. The molecular formula is C18H22N4O2S. The second kappa shape index (κ2) is 7.19. The van der Waals surface area contributed by atoms with Gasteiger partial charge in [-0.15, -0.1) is 11.3 Å². The molecule has 4 heterocycles. The maximum absolute atomic E-state index is 12.2. The maximum atomic E-state index is 12.2. The lowest BCUT2D eigenvalue weighted by Crippen LogP contribution is -2.34. The Kier molecular flexibility index (Phi) is 4.78. The van der Waals surface area contributed by atoms with Gasteiger partial charge in [-0.05, 0) is 19.1 Å². The summed E-state index contributed by atoms with van der Waals surface area (Å²) in [5.74, 6) is 0.786. The molecule has 0 unspecified atom stereocenters. The third-order valence-electron chi connectivity index (χ3n) is 4.99. The summed E-state index contributed by atoms with van der Waals surface area (Å²) < 4.78 is 5.98. The Morgan fingerprint density at radius 1 is 1.48 bits per heavy atom. The average Bonchev–Trinajstić information content (AvgIpc) is 3.30. The Hall–Kier alpha value is -1.83. The molecule has 0 spiro atoms. The van der Waals surface area contributed by atoms with Crippen LogP contribution in [0.15, 0.2) is 29.9 Å². The number of hydrogen-bond donors (Lipinski definition) is 1. The fourth-order valence-corrected chi connectivity index (χ4v) is 4.52. The monoisotopic (exact) mass is 358 g/mol. The lowest BCUT2D eigenvalue weighted by atomic mass is 9.93. The van der Waals surface area contributed by atoms with Crippen molar-refractivity contribution in [3.8, 4) is 0 Å². The Morgan fingerprint density at radius 2 is 2.40 bits per heavy atom. The van der Waals surface area contributed by atoms with Crippen LogP contribution in [0.2, 0.25) is 0 Å². The number of amides is 1. The minimum absolute atomic E-state index is 0.0651. The molecule has 3 atom stereocenters. The molecule has 0 saturated carbocycles. The second-order valence-electron chi connectivity index (χ2n) is 6.82. The number of carbonyl (C=O) groups is 1. The van der Waals surface area contributed by atoms with E-state index in [2.05, 4.69) is 25.6 Å². The molecule has 6 nitrogen and oxygen atoms in total. The Labute approximate surface area is 151 Å². The first-order valence-electron chi connectivity index (χ1n) is 8.62. The molecule has 2 saturated heterocycles. The number of nitrogens with one attached hydrogen (secondary N) is 1. The van der Waals surface area contributed by atoms with Crippen molar-refractivity contribution < 1.29 is 9.53 Å².